The molecule has 0 bridgehead atoms. The summed E-state index contributed by atoms with van der Waals surface area (Å²) in [5, 5.41) is 7.01. The van der Waals surface area contributed by atoms with E-state index < -0.39 is 22.2 Å². The Morgan fingerprint density at radius 2 is 1.83 bits per heavy atom. The molecule has 1 saturated carbocycles. The minimum atomic E-state index is -5.08. The van der Waals surface area contributed by atoms with Crippen LogP contribution < -0.4 is 0 Å². The molecule has 174 valence electrons. The predicted molar refractivity (Wildman–Crippen MR) is 101 cm³/mol. The van der Waals surface area contributed by atoms with Crippen molar-refractivity contribution in [1.29, 1.82) is 0 Å². The lowest BCUT2D eigenvalue weighted by Gasteiger charge is -2.23. The molecule has 0 radical (unpaired) electrons. The molecule has 4 rings (SSSR count). The number of hydrogen-bond donors (Lipinski definition) is 1. The smallest absolute Gasteiger partial charge is 0.475 e. The molecule has 3 heterocycles. The minimum absolute atomic E-state index is 0.119. The number of alkyl halides is 3. The maximum absolute atomic E-state index is 12.4. The van der Waals surface area contributed by atoms with E-state index in [1.807, 2.05) is 0 Å². The molecule has 0 aromatic heterocycles. The molecule has 30 heavy (non-hydrogen) atoms. The molecule has 2 atom stereocenters. The monoisotopic (exact) mass is 458 g/mol. The number of rotatable bonds is 6. The number of likely N-dealkylation sites (tertiary alicyclic amines) is 1. The fourth-order valence-electron chi connectivity index (χ4n) is 4.15. The Balaban J connectivity index is 0.000000318. The van der Waals surface area contributed by atoms with E-state index in [4.69, 9.17) is 19.4 Å². The van der Waals surface area contributed by atoms with Crippen molar-refractivity contribution in [1.82, 2.24) is 9.21 Å². The van der Waals surface area contributed by atoms with Crippen LogP contribution in [0.25, 0.3) is 0 Å². The SMILES string of the molecule is O=C(O)C(F)(F)F.O=S(=O)(C1CC1)N1CC[C@]2(C[C@H](OCCN3CCCC3)CO2)C1. The minimum Gasteiger partial charge on any atom is -0.475 e. The van der Waals surface area contributed by atoms with Gasteiger partial charge >= 0.3 is 12.1 Å². The second-order valence-electron chi connectivity index (χ2n) is 8.37. The maximum atomic E-state index is 12.4. The van der Waals surface area contributed by atoms with Gasteiger partial charge in [-0.1, -0.05) is 0 Å². The topological polar surface area (TPSA) is 96.4 Å². The normalized spacial score (nSPS) is 30.6. The van der Waals surface area contributed by atoms with E-state index in [1.165, 1.54) is 25.9 Å². The zero-order valence-corrected chi connectivity index (χ0v) is 17.6. The Morgan fingerprint density at radius 3 is 2.40 bits per heavy atom. The summed E-state index contributed by atoms with van der Waals surface area (Å²) in [5.74, 6) is -2.76. The third kappa shape index (κ3) is 6.06. The summed E-state index contributed by atoms with van der Waals surface area (Å²) in [4.78, 5) is 11.3. The van der Waals surface area contributed by atoms with E-state index in [0.29, 0.717) is 19.7 Å². The molecule has 8 nitrogen and oxygen atoms in total. The summed E-state index contributed by atoms with van der Waals surface area (Å²) in [7, 11) is -3.07. The fraction of sp³-hybridized carbons (Fsp3) is 0.944. The molecule has 3 saturated heterocycles. The maximum Gasteiger partial charge on any atom is 0.490 e. The van der Waals surface area contributed by atoms with Crippen LogP contribution in [0.3, 0.4) is 0 Å². The zero-order chi connectivity index (χ0) is 22.0. The van der Waals surface area contributed by atoms with Crippen LogP contribution in [0, 0.1) is 0 Å². The lowest BCUT2D eigenvalue weighted by Crippen LogP contribution is -2.37. The first-order valence-corrected chi connectivity index (χ1v) is 11.8. The van der Waals surface area contributed by atoms with Crippen LogP contribution in [0.5, 0.6) is 0 Å². The summed E-state index contributed by atoms with van der Waals surface area (Å²) in [6.07, 6.45) is 0.960. The number of aliphatic carboxylic acids is 1. The molecular formula is C18H29F3N2O6S. The molecule has 12 heteroatoms. The number of sulfonamides is 1. The average Bonchev–Trinajstić information content (AvgIpc) is 3.08. The molecule has 4 aliphatic rings. The van der Waals surface area contributed by atoms with Gasteiger partial charge in [0.05, 0.1) is 30.2 Å². The van der Waals surface area contributed by atoms with Crippen molar-refractivity contribution >= 4 is 16.0 Å². The predicted octanol–water partition coefficient (Wildman–Crippen LogP) is 1.46. The van der Waals surface area contributed by atoms with Crippen molar-refractivity contribution in [2.24, 2.45) is 0 Å². The summed E-state index contributed by atoms with van der Waals surface area (Å²) in [5.41, 5.74) is -0.291. The lowest BCUT2D eigenvalue weighted by molar-refractivity contribution is -0.192. The second kappa shape index (κ2) is 9.27. The molecular weight excluding hydrogens is 429 g/mol. The highest BCUT2D eigenvalue weighted by atomic mass is 32.2. The first-order valence-electron chi connectivity index (χ1n) is 10.3. The van der Waals surface area contributed by atoms with Crippen LogP contribution in [0.4, 0.5) is 13.2 Å². The number of ether oxygens (including phenoxy) is 2. The second-order valence-corrected chi connectivity index (χ2v) is 10.6. The van der Waals surface area contributed by atoms with Crippen LogP contribution in [-0.2, 0) is 24.3 Å². The molecule has 1 N–H and O–H groups in total. The summed E-state index contributed by atoms with van der Waals surface area (Å²) < 4.78 is 70.2. The van der Waals surface area contributed by atoms with Crippen molar-refractivity contribution in [2.75, 3.05) is 45.9 Å². The Hall–Kier alpha value is -0.950. The lowest BCUT2D eigenvalue weighted by atomic mass is 9.98. The number of carbonyl (C=O) groups is 1. The highest BCUT2D eigenvalue weighted by Gasteiger charge is 2.51. The molecule has 1 aliphatic carbocycles. The molecule has 0 amide bonds. The number of carboxylic acid groups (broad SMARTS) is 1. The van der Waals surface area contributed by atoms with E-state index in [9.17, 15) is 21.6 Å². The molecule has 0 aromatic carbocycles. The van der Waals surface area contributed by atoms with Gasteiger partial charge in [-0.05, 0) is 45.2 Å². The third-order valence-electron chi connectivity index (χ3n) is 5.96. The van der Waals surface area contributed by atoms with Gasteiger partial charge in [-0.15, -0.1) is 0 Å². The largest absolute Gasteiger partial charge is 0.490 e. The average molecular weight is 458 g/mol. The van der Waals surface area contributed by atoms with Crippen LogP contribution in [0.15, 0.2) is 0 Å². The van der Waals surface area contributed by atoms with Crippen molar-refractivity contribution in [3.05, 3.63) is 0 Å². The van der Waals surface area contributed by atoms with E-state index in [2.05, 4.69) is 4.90 Å². The van der Waals surface area contributed by atoms with Crippen molar-refractivity contribution in [2.45, 2.75) is 61.7 Å². The van der Waals surface area contributed by atoms with Crippen molar-refractivity contribution in [3.8, 4) is 0 Å². The number of hydrogen-bond acceptors (Lipinski definition) is 6. The fourth-order valence-corrected chi connectivity index (χ4v) is 6.06. The Bertz CT molecular complexity index is 709. The zero-order valence-electron chi connectivity index (χ0n) is 16.8. The highest BCUT2D eigenvalue weighted by molar-refractivity contribution is 7.90. The van der Waals surface area contributed by atoms with E-state index in [-0.39, 0.29) is 17.0 Å². The number of carboxylic acids is 1. The third-order valence-corrected chi connectivity index (χ3v) is 8.31. The summed E-state index contributed by atoms with van der Waals surface area (Å²) >= 11 is 0. The van der Waals surface area contributed by atoms with Crippen molar-refractivity contribution in [3.63, 3.8) is 0 Å². The van der Waals surface area contributed by atoms with Gasteiger partial charge < -0.3 is 19.5 Å². The van der Waals surface area contributed by atoms with Crippen LogP contribution in [-0.4, -0.2) is 97.8 Å². The molecule has 4 fully saturated rings. The van der Waals surface area contributed by atoms with Crippen LogP contribution in [0.2, 0.25) is 0 Å². The Morgan fingerprint density at radius 1 is 1.20 bits per heavy atom. The Labute approximate surface area is 174 Å². The van der Waals surface area contributed by atoms with Gasteiger partial charge in [0.15, 0.2) is 0 Å². The highest BCUT2D eigenvalue weighted by Crippen LogP contribution is 2.40. The standard InChI is InChI=1S/C16H28N2O4S.C2HF3O2/c19-23(20,15-3-4-15)18-8-5-16(13-18)11-14(12-22-16)21-10-9-17-6-1-2-7-17;3-2(4,5)1(6)7/h14-15H,1-13H2;(H,6,7)/t14-,16-;/m0./s1. The number of nitrogens with zero attached hydrogens (tertiary/aromatic N) is 2. The Kier molecular flexibility index (Phi) is 7.33. The molecule has 0 unspecified atom stereocenters. The van der Waals surface area contributed by atoms with Gasteiger partial charge in [0.2, 0.25) is 10.0 Å². The van der Waals surface area contributed by atoms with Gasteiger partial charge in [-0.25, -0.2) is 13.2 Å². The first-order chi connectivity index (χ1) is 14.0. The van der Waals surface area contributed by atoms with E-state index >= 15 is 0 Å². The first kappa shape index (κ1) is 23.7. The van der Waals surface area contributed by atoms with Gasteiger partial charge in [-0.2, -0.15) is 17.5 Å². The molecule has 0 aromatic rings. The summed E-state index contributed by atoms with van der Waals surface area (Å²) in [6.45, 7) is 5.90. The molecule has 1 spiro atoms. The van der Waals surface area contributed by atoms with Crippen molar-refractivity contribution < 1.29 is 41.0 Å². The van der Waals surface area contributed by atoms with Gasteiger partial charge in [0.25, 0.3) is 0 Å². The van der Waals surface area contributed by atoms with E-state index in [1.54, 1.807) is 4.31 Å². The van der Waals surface area contributed by atoms with Gasteiger partial charge in [-0.3, -0.25) is 0 Å². The van der Waals surface area contributed by atoms with Gasteiger partial charge in [0.1, 0.15) is 0 Å². The molecule has 3 aliphatic heterocycles. The van der Waals surface area contributed by atoms with Crippen LogP contribution >= 0.6 is 0 Å². The van der Waals surface area contributed by atoms with Crippen LogP contribution in [0.1, 0.15) is 38.5 Å². The van der Waals surface area contributed by atoms with Gasteiger partial charge in [0, 0.05) is 26.1 Å². The summed E-state index contributed by atoms with van der Waals surface area (Å²) in [6, 6.07) is 0. The quantitative estimate of drug-likeness (QED) is 0.644. The van der Waals surface area contributed by atoms with E-state index in [0.717, 1.165) is 38.8 Å². The number of halogens is 3.